The van der Waals surface area contributed by atoms with Crippen LogP contribution in [0.5, 0.6) is 0 Å². The number of rotatable bonds is 6. The van der Waals surface area contributed by atoms with E-state index in [4.69, 9.17) is 9.26 Å². The van der Waals surface area contributed by atoms with E-state index in [9.17, 15) is 5.11 Å². The second kappa shape index (κ2) is 5.74. The van der Waals surface area contributed by atoms with Crippen molar-refractivity contribution in [1.82, 2.24) is 10.5 Å². The van der Waals surface area contributed by atoms with Gasteiger partial charge < -0.3 is 19.7 Å². The van der Waals surface area contributed by atoms with Crippen LogP contribution in [0.2, 0.25) is 0 Å². The maximum atomic E-state index is 9.30. The first-order chi connectivity index (χ1) is 6.72. The van der Waals surface area contributed by atoms with Crippen molar-refractivity contribution in [1.29, 1.82) is 0 Å². The molecule has 5 heteroatoms. The Kier molecular flexibility index (Phi) is 4.58. The van der Waals surface area contributed by atoms with Crippen molar-refractivity contribution in [2.45, 2.75) is 19.6 Å². The molecule has 1 unspecified atom stereocenters. The third-order valence-electron chi connectivity index (χ3n) is 1.72. The van der Waals surface area contributed by atoms with E-state index in [0.29, 0.717) is 19.7 Å². The van der Waals surface area contributed by atoms with Gasteiger partial charge in [0.25, 0.3) is 0 Å². The molecule has 0 aliphatic carbocycles. The molecule has 1 aromatic rings. The molecule has 0 aromatic carbocycles. The molecule has 1 atom stereocenters. The molecular weight excluding hydrogens is 184 g/mol. The smallest absolute Gasteiger partial charge is 0.133 e. The van der Waals surface area contributed by atoms with Gasteiger partial charge in [0.2, 0.25) is 0 Å². The number of nitrogens with one attached hydrogen (secondary N) is 1. The summed E-state index contributed by atoms with van der Waals surface area (Å²) in [6.07, 6.45) is -0.479. The fourth-order valence-electron chi connectivity index (χ4n) is 1.12. The average molecular weight is 200 g/mol. The van der Waals surface area contributed by atoms with E-state index in [-0.39, 0.29) is 0 Å². The summed E-state index contributed by atoms with van der Waals surface area (Å²) in [6, 6.07) is 1.86. The molecule has 1 rings (SSSR count). The molecule has 14 heavy (non-hydrogen) atoms. The van der Waals surface area contributed by atoms with Crippen LogP contribution in [-0.2, 0) is 11.3 Å². The number of hydrogen-bond donors (Lipinski definition) is 2. The summed E-state index contributed by atoms with van der Waals surface area (Å²) >= 11 is 0. The number of methoxy groups -OCH3 is 1. The van der Waals surface area contributed by atoms with Gasteiger partial charge in [-0.2, -0.15) is 0 Å². The Morgan fingerprint density at radius 3 is 3.07 bits per heavy atom. The lowest BCUT2D eigenvalue weighted by Gasteiger charge is -2.09. The van der Waals surface area contributed by atoms with Crippen molar-refractivity contribution in [3.8, 4) is 0 Å². The predicted octanol–water partition coefficient (Wildman–Crippen LogP) is 0.0799. The number of ether oxygens (including phenoxy) is 1. The van der Waals surface area contributed by atoms with Crippen molar-refractivity contribution in [2.75, 3.05) is 20.3 Å². The molecule has 0 aliphatic rings. The zero-order valence-corrected chi connectivity index (χ0v) is 8.49. The van der Waals surface area contributed by atoms with Crippen molar-refractivity contribution < 1.29 is 14.4 Å². The van der Waals surface area contributed by atoms with Gasteiger partial charge >= 0.3 is 0 Å². The lowest BCUT2D eigenvalue weighted by molar-refractivity contribution is 0.0643. The van der Waals surface area contributed by atoms with E-state index in [1.807, 2.05) is 13.0 Å². The highest BCUT2D eigenvalue weighted by atomic mass is 16.5. The fourth-order valence-corrected chi connectivity index (χ4v) is 1.12. The minimum absolute atomic E-state index is 0.338. The summed E-state index contributed by atoms with van der Waals surface area (Å²) in [5, 5.41) is 16.2. The second-order valence-corrected chi connectivity index (χ2v) is 3.17. The molecule has 1 heterocycles. The molecule has 0 amide bonds. The molecule has 0 radical (unpaired) electrons. The summed E-state index contributed by atoms with van der Waals surface area (Å²) in [6.45, 7) is 3.26. The maximum absolute atomic E-state index is 9.30. The number of nitrogens with zero attached hydrogens (tertiary/aromatic N) is 1. The molecule has 5 nitrogen and oxygen atoms in total. The minimum Gasteiger partial charge on any atom is -0.389 e. The number of aliphatic hydroxyl groups excluding tert-OH is 1. The SMILES string of the molecule is COCC(O)CNCc1cc(C)on1. The molecular formula is C9H16N2O3. The highest BCUT2D eigenvalue weighted by molar-refractivity contribution is 5.02. The van der Waals surface area contributed by atoms with E-state index in [2.05, 4.69) is 10.5 Å². The molecule has 0 aliphatic heterocycles. The van der Waals surface area contributed by atoms with Crippen molar-refractivity contribution in [2.24, 2.45) is 0 Å². The summed E-state index contributed by atoms with van der Waals surface area (Å²) in [5.41, 5.74) is 0.840. The zero-order chi connectivity index (χ0) is 10.4. The lowest BCUT2D eigenvalue weighted by Crippen LogP contribution is -2.29. The Bertz CT molecular complexity index is 262. The maximum Gasteiger partial charge on any atom is 0.133 e. The molecule has 0 bridgehead atoms. The summed E-state index contributed by atoms with van der Waals surface area (Å²) in [5.74, 6) is 0.791. The minimum atomic E-state index is -0.479. The van der Waals surface area contributed by atoms with Gasteiger partial charge in [-0.3, -0.25) is 0 Å². The van der Waals surface area contributed by atoms with Crippen LogP contribution in [0.25, 0.3) is 0 Å². The van der Waals surface area contributed by atoms with Crippen LogP contribution in [0.1, 0.15) is 11.5 Å². The van der Waals surface area contributed by atoms with E-state index >= 15 is 0 Å². The monoisotopic (exact) mass is 200 g/mol. The Labute approximate surface area is 83.0 Å². The number of hydrogen-bond acceptors (Lipinski definition) is 5. The van der Waals surface area contributed by atoms with Crippen LogP contribution in [-0.4, -0.2) is 36.6 Å². The van der Waals surface area contributed by atoms with Gasteiger partial charge in [-0.15, -0.1) is 0 Å². The van der Waals surface area contributed by atoms with Gasteiger partial charge in [0, 0.05) is 26.3 Å². The molecule has 0 spiro atoms. The fraction of sp³-hybridized carbons (Fsp3) is 0.667. The largest absolute Gasteiger partial charge is 0.389 e. The third-order valence-corrected chi connectivity index (χ3v) is 1.72. The topological polar surface area (TPSA) is 67.5 Å². The van der Waals surface area contributed by atoms with Crippen LogP contribution in [0, 0.1) is 6.92 Å². The van der Waals surface area contributed by atoms with Crippen LogP contribution < -0.4 is 5.32 Å². The van der Waals surface area contributed by atoms with Gasteiger partial charge in [-0.25, -0.2) is 0 Å². The van der Waals surface area contributed by atoms with E-state index in [0.717, 1.165) is 11.5 Å². The van der Waals surface area contributed by atoms with Gasteiger partial charge in [0.05, 0.1) is 18.4 Å². The van der Waals surface area contributed by atoms with Crippen molar-refractivity contribution >= 4 is 0 Å². The molecule has 0 saturated heterocycles. The second-order valence-electron chi connectivity index (χ2n) is 3.17. The highest BCUT2D eigenvalue weighted by Crippen LogP contribution is 2.00. The van der Waals surface area contributed by atoms with Crippen molar-refractivity contribution in [3.63, 3.8) is 0 Å². The summed E-state index contributed by atoms with van der Waals surface area (Å²) < 4.78 is 9.68. The average Bonchev–Trinajstić information content (AvgIpc) is 2.52. The Hall–Kier alpha value is -0.910. The molecule has 80 valence electrons. The van der Waals surface area contributed by atoms with Gasteiger partial charge in [0.15, 0.2) is 0 Å². The molecule has 2 N–H and O–H groups in total. The zero-order valence-electron chi connectivity index (χ0n) is 8.49. The van der Waals surface area contributed by atoms with E-state index in [1.54, 1.807) is 7.11 Å². The highest BCUT2D eigenvalue weighted by Gasteiger charge is 2.03. The Balaban J connectivity index is 2.15. The number of aliphatic hydroxyl groups is 1. The number of aromatic nitrogens is 1. The van der Waals surface area contributed by atoms with Crippen molar-refractivity contribution in [3.05, 3.63) is 17.5 Å². The lowest BCUT2D eigenvalue weighted by atomic mass is 10.3. The van der Waals surface area contributed by atoms with Gasteiger partial charge in [-0.05, 0) is 6.92 Å². The number of aryl methyl sites for hydroxylation is 1. The van der Waals surface area contributed by atoms with Crippen LogP contribution in [0.4, 0.5) is 0 Å². The summed E-state index contributed by atoms with van der Waals surface area (Å²) in [4.78, 5) is 0. The Morgan fingerprint density at radius 2 is 2.50 bits per heavy atom. The van der Waals surface area contributed by atoms with Gasteiger partial charge in [0.1, 0.15) is 5.76 Å². The first-order valence-corrected chi connectivity index (χ1v) is 4.52. The standard InChI is InChI=1S/C9H16N2O3/c1-7-3-8(11-14-7)4-10-5-9(12)6-13-2/h3,9-10,12H,4-6H2,1-2H3. The predicted molar refractivity (Wildman–Crippen MR) is 50.8 cm³/mol. The third kappa shape index (κ3) is 3.87. The first kappa shape index (κ1) is 11.2. The normalized spacial score (nSPS) is 13.1. The summed E-state index contributed by atoms with van der Waals surface area (Å²) in [7, 11) is 1.56. The van der Waals surface area contributed by atoms with Crippen LogP contribution in [0.15, 0.2) is 10.6 Å². The first-order valence-electron chi connectivity index (χ1n) is 4.52. The van der Waals surface area contributed by atoms with E-state index in [1.165, 1.54) is 0 Å². The molecule has 0 saturated carbocycles. The quantitative estimate of drug-likeness (QED) is 0.680. The van der Waals surface area contributed by atoms with Crippen LogP contribution >= 0.6 is 0 Å². The molecule has 1 aromatic heterocycles. The van der Waals surface area contributed by atoms with Gasteiger partial charge in [-0.1, -0.05) is 5.16 Å². The Morgan fingerprint density at radius 1 is 1.71 bits per heavy atom. The molecule has 0 fully saturated rings. The van der Waals surface area contributed by atoms with E-state index < -0.39 is 6.10 Å². The van der Waals surface area contributed by atoms with Crippen LogP contribution in [0.3, 0.4) is 0 Å².